The number of aromatic nitrogens is 2. The molecule has 0 radical (unpaired) electrons. The molecule has 3 saturated heterocycles. The van der Waals surface area contributed by atoms with Crippen molar-refractivity contribution in [2.24, 2.45) is 0 Å². The summed E-state index contributed by atoms with van der Waals surface area (Å²) in [6, 6.07) is 33.8. The SMILES string of the molecule is O=C(NC1CC(=O)N(Cc2cccc(-c3ccc([C@H]4O[C@@H](CN5CCN(c6ncccn6)CC5)C[C@@H](c5ccc(CO)cc5)O4)cc3)c2)C1=O)OCc1ccccc1. The van der Waals surface area contributed by atoms with Crippen molar-refractivity contribution in [3.8, 4) is 11.1 Å². The fourth-order valence-electron chi connectivity index (χ4n) is 7.64. The number of ether oxygens (including phenoxy) is 3. The van der Waals surface area contributed by atoms with Crippen molar-refractivity contribution in [2.45, 2.75) is 57.1 Å². The molecule has 0 aliphatic carbocycles. The van der Waals surface area contributed by atoms with Gasteiger partial charge in [-0.1, -0.05) is 97.1 Å². The fourth-order valence-corrected chi connectivity index (χ4v) is 7.64. The number of aliphatic hydroxyl groups excluding tert-OH is 1. The predicted molar refractivity (Wildman–Crippen MR) is 215 cm³/mol. The van der Waals surface area contributed by atoms with Crippen molar-refractivity contribution in [1.82, 2.24) is 25.1 Å². The molecule has 13 heteroatoms. The molecule has 3 aliphatic rings. The summed E-state index contributed by atoms with van der Waals surface area (Å²) in [4.78, 5) is 53.2. The molecule has 1 unspecified atom stereocenters. The fraction of sp³-hybridized carbons (Fsp3) is 0.311. The Balaban J connectivity index is 0.908. The number of anilines is 1. The lowest BCUT2D eigenvalue weighted by Gasteiger charge is -2.40. The Labute approximate surface area is 337 Å². The standard InChI is InChI=1S/C45H46N6O7/c52-29-31-10-12-35(13-11-31)40-25-38(28-49-20-22-50(23-21-49)44-46-18-5-19-47-44)57-43(58-40)36-16-14-34(15-17-36)37-9-4-8-33(24-37)27-51-41(53)26-39(42(51)54)48-45(55)56-30-32-6-2-1-3-7-32/h1-19,24,38-40,43,52H,20-23,25-30H2,(H,48,55)/t38-,39?,40+,43+/m1/s1. The van der Waals surface area contributed by atoms with Gasteiger partial charge in [-0.15, -0.1) is 0 Å². The number of piperazine rings is 1. The lowest BCUT2D eigenvalue weighted by atomic mass is 9.98. The van der Waals surface area contributed by atoms with Crippen LogP contribution in [0.3, 0.4) is 0 Å². The van der Waals surface area contributed by atoms with Crippen LogP contribution in [0.2, 0.25) is 0 Å². The van der Waals surface area contributed by atoms with Crippen molar-refractivity contribution >= 4 is 23.9 Å². The molecule has 0 spiro atoms. The minimum atomic E-state index is -0.977. The zero-order valence-corrected chi connectivity index (χ0v) is 32.1. The Hall–Kier alpha value is -5.99. The number of aliphatic hydroxyl groups is 1. The third-order valence-corrected chi connectivity index (χ3v) is 10.8. The minimum Gasteiger partial charge on any atom is -0.445 e. The summed E-state index contributed by atoms with van der Waals surface area (Å²) in [5, 5.41) is 12.2. The van der Waals surface area contributed by atoms with Crippen molar-refractivity contribution in [3.63, 3.8) is 0 Å². The molecule has 4 atom stereocenters. The monoisotopic (exact) mass is 782 g/mol. The van der Waals surface area contributed by atoms with Crippen molar-refractivity contribution in [1.29, 1.82) is 0 Å². The molecule has 0 bridgehead atoms. The van der Waals surface area contributed by atoms with Crippen LogP contribution < -0.4 is 10.2 Å². The number of amides is 3. The maximum Gasteiger partial charge on any atom is 0.408 e. The van der Waals surface area contributed by atoms with Crippen molar-refractivity contribution in [3.05, 3.63) is 149 Å². The largest absolute Gasteiger partial charge is 0.445 e. The number of carbonyl (C=O) groups excluding carboxylic acids is 3. The number of imide groups is 1. The van der Waals surface area contributed by atoms with E-state index in [2.05, 4.69) is 25.1 Å². The van der Waals surface area contributed by atoms with E-state index in [-0.39, 0.29) is 44.3 Å². The van der Waals surface area contributed by atoms with Gasteiger partial charge >= 0.3 is 6.09 Å². The first-order valence-electron chi connectivity index (χ1n) is 19.6. The summed E-state index contributed by atoms with van der Waals surface area (Å²) in [6.45, 7) is 4.29. The first-order chi connectivity index (χ1) is 28.4. The third kappa shape index (κ3) is 9.41. The highest BCUT2D eigenvalue weighted by Crippen LogP contribution is 2.39. The second-order valence-corrected chi connectivity index (χ2v) is 14.8. The van der Waals surface area contributed by atoms with E-state index in [4.69, 9.17) is 14.2 Å². The summed E-state index contributed by atoms with van der Waals surface area (Å²) in [6.07, 6.45) is 2.50. The van der Waals surface area contributed by atoms with Gasteiger partial charge in [-0.2, -0.15) is 0 Å². The number of hydrogen-bond donors (Lipinski definition) is 2. The van der Waals surface area contributed by atoms with Crippen LogP contribution in [0.4, 0.5) is 10.7 Å². The second-order valence-electron chi connectivity index (χ2n) is 14.8. The van der Waals surface area contributed by atoms with Gasteiger partial charge in [0.15, 0.2) is 6.29 Å². The van der Waals surface area contributed by atoms with Crippen LogP contribution in [-0.2, 0) is 43.6 Å². The summed E-state index contributed by atoms with van der Waals surface area (Å²) >= 11 is 0. The molecular weight excluding hydrogens is 737 g/mol. The van der Waals surface area contributed by atoms with Gasteiger partial charge in [-0.25, -0.2) is 14.8 Å². The van der Waals surface area contributed by atoms with E-state index in [1.807, 2.05) is 109 Å². The lowest BCUT2D eigenvalue weighted by molar-refractivity contribution is -0.253. The minimum absolute atomic E-state index is 0.0181. The number of nitrogens with zero attached hydrogens (tertiary/aromatic N) is 5. The summed E-state index contributed by atoms with van der Waals surface area (Å²) in [5.41, 5.74) is 6.25. The van der Waals surface area contributed by atoms with Crippen LogP contribution in [0.25, 0.3) is 11.1 Å². The van der Waals surface area contributed by atoms with Crippen molar-refractivity contribution < 1.29 is 33.7 Å². The number of benzene rings is 4. The molecule has 0 saturated carbocycles. The number of rotatable bonds is 12. The molecular formula is C45H46N6O7. The van der Waals surface area contributed by atoms with E-state index >= 15 is 0 Å². The van der Waals surface area contributed by atoms with Gasteiger partial charge in [-0.05, 0) is 45.5 Å². The summed E-state index contributed by atoms with van der Waals surface area (Å²) < 4.78 is 18.5. The number of hydrogen-bond acceptors (Lipinski definition) is 11. The van der Waals surface area contributed by atoms with E-state index in [0.717, 1.165) is 77.6 Å². The average molecular weight is 783 g/mol. The molecule has 1 aromatic heterocycles. The molecule has 5 aromatic rings. The Bertz CT molecular complexity index is 2170. The van der Waals surface area contributed by atoms with E-state index in [9.17, 15) is 19.5 Å². The Morgan fingerprint density at radius 2 is 1.50 bits per heavy atom. The third-order valence-electron chi connectivity index (χ3n) is 10.8. The molecule has 58 heavy (non-hydrogen) atoms. The van der Waals surface area contributed by atoms with E-state index in [1.54, 1.807) is 12.4 Å². The van der Waals surface area contributed by atoms with Gasteiger partial charge in [0.2, 0.25) is 11.9 Å². The average Bonchev–Trinajstić information content (AvgIpc) is 3.53. The van der Waals surface area contributed by atoms with E-state index in [0.29, 0.717) is 6.42 Å². The first-order valence-corrected chi connectivity index (χ1v) is 19.6. The zero-order valence-electron chi connectivity index (χ0n) is 32.1. The molecule has 2 N–H and O–H groups in total. The molecule has 3 amide bonds. The van der Waals surface area contributed by atoms with Crippen LogP contribution in [-0.4, -0.2) is 87.7 Å². The highest BCUT2D eigenvalue weighted by Gasteiger charge is 2.40. The molecule has 13 nitrogen and oxygen atoms in total. The van der Waals surface area contributed by atoms with Gasteiger partial charge < -0.3 is 29.5 Å². The Morgan fingerprint density at radius 1 is 0.776 bits per heavy atom. The number of likely N-dealkylation sites (tertiary alicyclic amines) is 1. The van der Waals surface area contributed by atoms with Gasteiger partial charge in [0.25, 0.3) is 5.91 Å². The van der Waals surface area contributed by atoms with Gasteiger partial charge in [0.1, 0.15) is 12.6 Å². The van der Waals surface area contributed by atoms with E-state index in [1.165, 1.54) is 4.90 Å². The van der Waals surface area contributed by atoms with Gasteiger partial charge in [0, 0.05) is 57.1 Å². The Morgan fingerprint density at radius 3 is 2.24 bits per heavy atom. The van der Waals surface area contributed by atoms with Crippen LogP contribution >= 0.6 is 0 Å². The van der Waals surface area contributed by atoms with Crippen molar-refractivity contribution in [2.75, 3.05) is 37.6 Å². The molecule has 3 aliphatic heterocycles. The number of alkyl carbamates (subject to hydrolysis) is 1. The summed E-state index contributed by atoms with van der Waals surface area (Å²) in [5.74, 6) is -0.0658. The number of nitrogens with one attached hydrogen (secondary N) is 1. The molecule has 3 fully saturated rings. The topological polar surface area (TPSA) is 147 Å². The molecule has 298 valence electrons. The second kappa shape index (κ2) is 18.1. The smallest absolute Gasteiger partial charge is 0.408 e. The van der Waals surface area contributed by atoms with Crippen LogP contribution in [0.5, 0.6) is 0 Å². The lowest BCUT2D eigenvalue weighted by Crippen LogP contribution is -2.50. The van der Waals surface area contributed by atoms with E-state index < -0.39 is 24.3 Å². The normalized spacial score (nSPS) is 21.3. The molecule has 4 aromatic carbocycles. The number of carbonyl (C=O) groups is 3. The predicted octanol–water partition coefficient (Wildman–Crippen LogP) is 5.56. The maximum atomic E-state index is 13.2. The van der Waals surface area contributed by atoms with Crippen LogP contribution in [0.15, 0.2) is 122 Å². The van der Waals surface area contributed by atoms with Crippen LogP contribution in [0, 0.1) is 0 Å². The highest BCUT2D eigenvalue weighted by atomic mass is 16.7. The van der Waals surface area contributed by atoms with Gasteiger partial charge in [0.05, 0.1) is 31.8 Å². The van der Waals surface area contributed by atoms with Gasteiger partial charge in [-0.3, -0.25) is 19.4 Å². The quantitative estimate of drug-likeness (QED) is 0.154. The maximum absolute atomic E-state index is 13.2. The first kappa shape index (κ1) is 38.9. The summed E-state index contributed by atoms with van der Waals surface area (Å²) in [7, 11) is 0. The zero-order chi connectivity index (χ0) is 39.8. The molecule has 8 rings (SSSR count). The Kier molecular flexibility index (Phi) is 12.1. The van der Waals surface area contributed by atoms with Crippen LogP contribution in [0.1, 0.15) is 53.1 Å². The highest BCUT2D eigenvalue weighted by molar-refractivity contribution is 6.06. The molecule has 4 heterocycles.